The highest BCUT2D eigenvalue weighted by Gasteiger charge is 2.23. The van der Waals surface area contributed by atoms with Gasteiger partial charge in [0.05, 0.1) is 11.0 Å². The smallest absolute Gasteiger partial charge is 0.248 e. The van der Waals surface area contributed by atoms with Crippen LogP contribution in [0.25, 0.3) is 21.9 Å². The highest BCUT2D eigenvalue weighted by atomic mass is 16.5. The lowest BCUT2D eigenvalue weighted by Crippen LogP contribution is -2.38. The van der Waals surface area contributed by atoms with Crippen molar-refractivity contribution >= 4 is 27.8 Å². The van der Waals surface area contributed by atoms with Crippen LogP contribution in [0.5, 0.6) is 0 Å². The van der Waals surface area contributed by atoms with Gasteiger partial charge in [-0.05, 0) is 18.2 Å². The van der Waals surface area contributed by atoms with E-state index in [1.54, 1.807) is 0 Å². The number of para-hydroxylation sites is 3. The Hall–Kier alpha value is -3.12. The average molecular weight is 360 g/mol. The number of amides is 1. The van der Waals surface area contributed by atoms with E-state index in [2.05, 4.69) is 27.1 Å². The first-order valence-electron chi connectivity index (χ1n) is 9.15. The number of imidazole rings is 1. The van der Waals surface area contributed by atoms with Gasteiger partial charge in [-0.3, -0.25) is 4.79 Å². The summed E-state index contributed by atoms with van der Waals surface area (Å²) >= 11 is 0. The Morgan fingerprint density at radius 1 is 1.07 bits per heavy atom. The van der Waals surface area contributed by atoms with Gasteiger partial charge in [0.2, 0.25) is 5.91 Å². The minimum atomic E-state index is 0.0158. The quantitative estimate of drug-likeness (QED) is 0.587. The summed E-state index contributed by atoms with van der Waals surface area (Å²) in [5.74, 6) is 0.753. The molecule has 1 amide bonds. The molecule has 27 heavy (non-hydrogen) atoms. The molecule has 136 valence electrons. The van der Waals surface area contributed by atoms with Gasteiger partial charge in [-0.25, -0.2) is 4.98 Å². The molecule has 0 aliphatic carbocycles. The van der Waals surface area contributed by atoms with Gasteiger partial charge in [-0.1, -0.05) is 30.3 Å². The van der Waals surface area contributed by atoms with Crippen molar-refractivity contribution in [2.24, 2.45) is 0 Å². The summed E-state index contributed by atoms with van der Waals surface area (Å²) in [4.78, 5) is 25.6. The summed E-state index contributed by atoms with van der Waals surface area (Å²) in [6, 6.07) is 16.1. The fraction of sp³-hybridized carbons (Fsp3) is 0.238. The zero-order chi connectivity index (χ0) is 18.2. The molecule has 0 fully saturated rings. The van der Waals surface area contributed by atoms with Crippen LogP contribution in [-0.2, 0) is 29.1 Å². The van der Waals surface area contributed by atoms with E-state index in [-0.39, 0.29) is 12.5 Å². The maximum absolute atomic E-state index is 12.6. The van der Waals surface area contributed by atoms with E-state index in [0.29, 0.717) is 19.7 Å². The Kier molecular flexibility index (Phi) is 3.90. The first kappa shape index (κ1) is 16.1. The normalized spacial score (nSPS) is 14.0. The monoisotopic (exact) mass is 360 g/mol. The van der Waals surface area contributed by atoms with E-state index < -0.39 is 0 Å². The summed E-state index contributed by atoms with van der Waals surface area (Å²) in [7, 11) is 0. The topological polar surface area (TPSA) is 74.0 Å². The van der Waals surface area contributed by atoms with Crippen molar-refractivity contribution in [1.29, 1.82) is 0 Å². The molecule has 2 N–H and O–H groups in total. The molecule has 0 saturated carbocycles. The van der Waals surface area contributed by atoms with Crippen molar-refractivity contribution in [1.82, 2.24) is 19.9 Å². The highest BCUT2D eigenvalue weighted by Crippen LogP contribution is 2.27. The molecule has 2 aromatic carbocycles. The number of benzene rings is 2. The molecule has 1 aliphatic heterocycles. The van der Waals surface area contributed by atoms with Crippen molar-refractivity contribution in [2.75, 3.05) is 13.2 Å². The van der Waals surface area contributed by atoms with Crippen LogP contribution in [0.2, 0.25) is 0 Å². The number of hydrogen-bond acceptors (Lipinski definition) is 3. The molecule has 0 bridgehead atoms. The largest absolute Gasteiger partial charge is 0.364 e. The summed E-state index contributed by atoms with van der Waals surface area (Å²) in [6.07, 6.45) is 0.847. The molecular formula is C21H20N4O2. The fourth-order valence-corrected chi connectivity index (χ4v) is 3.78. The minimum Gasteiger partial charge on any atom is -0.364 e. The van der Waals surface area contributed by atoms with Crippen molar-refractivity contribution < 1.29 is 9.53 Å². The lowest BCUT2D eigenvalue weighted by atomic mass is 10.0. The Balaban J connectivity index is 1.22. The third kappa shape index (κ3) is 2.98. The number of nitrogens with zero attached hydrogens (tertiary/aromatic N) is 2. The van der Waals surface area contributed by atoms with Gasteiger partial charge < -0.3 is 19.6 Å². The number of rotatable bonds is 4. The third-order valence-corrected chi connectivity index (χ3v) is 5.14. The zero-order valence-electron chi connectivity index (χ0n) is 14.9. The van der Waals surface area contributed by atoms with Crippen molar-refractivity contribution in [3.63, 3.8) is 0 Å². The van der Waals surface area contributed by atoms with Crippen LogP contribution in [0.1, 0.15) is 17.1 Å². The summed E-state index contributed by atoms with van der Waals surface area (Å²) < 4.78 is 5.63. The molecule has 5 rings (SSSR count). The maximum atomic E-state index is 12.6. The number of aromatic nitrogens is 3. The molecule has 6 heteroatoms. The van der Waals surface area contributed by atoms with Crippen LogP contribution in [0.4, 0.5) is 0 Å². The number of nitrogens with one attached hydrogen (secondary N) is 2. The predicted molar refractivity (Wildman–Crippen MR) is 103 cm³/mol. The molecule has 6 nitrogen and oxygen atoms in total. The van der Waals surface area contributed by atoms with Gasteiger partial charge in [0.1, 0.15) is 19.0 Å². The Morgan fingerprint density at radius 3 is 2.78 bits per heavy atom. The number of ether oxygens (including phenoxy) is 1. The number of fused-ring (bicyclic) bond motifs is 4. The Morgan fingerprint density at radius 2 is 1.89 bits per heavy atom. The summed E-state index contributed by atoms with van der Waals surface area (Å²) in [5.41, 5.74) is 5.49. The molecule has 0 spiro atoms. The molecule has 3 heterocycles. The van der Waals surface area contributed by atoms with Crippen LogP contribution < -0.4 is 0 Å². The van der Waals surface area contributed by atoms with Crippen molar-refractivity contribution in [2.45, 2.75) is 19.6 Å². The molecule has 1 aliphatic rings. The number of aromatic amines is 2. The Bertz CT molecular complexity index is 1090. The first-order valence-corrected chi connectivity index (χ1v) is 9.15. The summed E-state index contributed by atoms with van der Waals surface area (Å²) in [6.45, 7) is 1.71. The van der Waals surface area contributed by atoms with Crippen LogP contribution in [0.15, 0.2) is 48.5 Å². The van der Waals surface area contributed by atoms with Crippen LogP contribution in [0, 0.1) is 0 Å². The molecule has 0 saturated heterocycles. The molecular weight excluding hydrogens is 340 g/mol. The van der Waals surface area contributed by atoms with Gasteiger partial charge in [-0.2, -0.15) is 0 Å². The zero-order valence-corrected chi connectivity index (χ0v) is 14.9. The molecule has 0 radical (unpaired) electrons. The second kappa shape index (κ2) is 6.55. The van der Waals surface area contributed by atoms with Gasteiger partial charge >= 0.3 is 0 Å². The average Bonchev–Trinajstić information content (AvgIpc) is 3.28. The van der Waals surface area contributed by atoms with E-state index in [0.717, 1.165) is 28.8 Å². The predicted octanol–water partition coefficient (Wildman–Crippen LogP) is 3.15. The van der Waals surface area contributed by atoms with Crippen LogP contribution in [-0.4, -0.2) is 38.9 Å². The van der Waals surface area contributed by atoms with Crippen LogP contribution >= 0.6 is 0 Å². The van der Waals surface area contributed by atoms with Gasteiger partial charge in [0.25, 0.3) is 0 Å². The second-order valence-electron chi connectivity index (χ2n) is 6.89. The molecule has 0 atom stereocenters. The van der Waals surface area contributed by atoms with Crippen molar-refractivity contribution in [3.05, 3.63) is 65.6 Å². The first-order chi connectivity index (χ1) is 13.3. The number of carbonyl (C=O) groups excluding carboxylic acids is 1. The third-order valence-electron chi connectivity index (χ3n) is 5.14. The fourth-order valence-electron chi connectivity index (χ4n) is 3.78. The highest BCUT2D eigenvalue weighted by molar-refractivity contribution is 5.86. The van der Waals surface area contributed by atoms with Gasteiger partial charge in [0.15, 0.2) is 0 Å². The van der Waals surface area contributed by atoms with E-state index >= 15 is 0 Å². The lowest BCUT2D eigenvalue weighted by Gasteiger charge is -2.27. The molecule has 2 aromatic heterocycles. The minimum absolute atomic E-state index is 0.0158. The molecule has 0 unspecified atom stereocenters. The Labute approximate surface area is 156 Å². The maximum Gasteiger partial charge on any atom is 0.248 e. The van der Waals surface area contributed by atoms with E-state index in [1.807, 2.05) is 41.3 Å². The summed E-state index contributed by atoms with van der Waals surface area (Å²) in [5, 5.41) is 1.20. The SMILES string of the molecule is O=C(COCc1nc2ccccc2[nH]1)N1CCc2[nH]c3ccccc3c2C1. The standard InChI is InChI=1S/C21H20N4O2/c26-21(13-27-12-20-23-18-7-3-4-8-19(18)24-20)25-10-9-17-15(11-25)14-5-1-2-6-16(14)22-17/h1-8,22H,9-13H2,(H,23,24). The number of hydrogen-bond donors (Lipinski definition) is 2. The van der Waals surface area contributed by atoms with Gasteiger partial charge in [0, 0.05) is 41.7 Å². The van der Waals surface area contributed by atoms with Crippen LogP contribution in [0.3, 0.4) is 0 Å². The van der Waals surface area contributed by atoms with E-state index in [4.69, 9.17) is 4.74 Å². The lowest BCUT2D eigenvalue weighted by molar-refractivity contribution is -0.137. The second-order valence-corrected chi connectivity index (χ2v) is 6.89. The van der Waals surface area contributed by atoms with E-state index in [1.165, 1.54) is 16.6 Å². The van der Waals surface area contributed by atoms with E-state index in [9.17, 15) is 4.79 Å². The number of carbonyl (C=O) groups is 1. The molecule has 4 aromatic rings. The van der Waals surface area contributed by atoms with Crippen molar-refractivity contribution in [3.8, 4) is 0 Å². The number of H-pyrrole nitrogens is 2. The van der Waals surface area contributed by atoms with Gasteiger partial charge in [-0.15, -0.1) is 0 Å².